The lowest BCUT2D eigenvalue weighted by atomic mass is 10.2. The Kier molecular flexibility index (Phi) is 5.63. The molecule has 150 valence electrons. The molecule has 0 N–H and O–H groups in total. The van der Waals surface area contributed by atoms with Crippen LogP contribution in [0.15, 0.2) is 81.4 Å². The Morgan fingerprint density at radius 1 is 0.900 bits per heavy atom. The lowest BCUT2D eigenvalue weighted by Gasteiger charge is -2.11. The quantitative estimate of drug-likeness (QED) is 0.368. The molecular weight excluding hydrogens is 396 g/mol. The number of nitrogens with zero attached hydrogens (tertiary/aromatic N) is 4. The average molecular weight is 417 g/mol. The fourth-order valence-corrected chi connectivity index (χ4v) is 3.95. The van der Waals surface area contributed by atoms with E-state index in [-0.39, 0.29) is 5.56 Å². The minimum atomic E-state index is -0.412. The van der Waals surface area contributed by atoms with E-state index in [0.717, 1.165) is 15.7 Å². The summed E-state index contributed by atoms with van der Waals surface area (Å²) in [6.45, 7) is 0. The molecule has 0 saturated heterocycles. The lowest BCUT2D eigenvalue weighted by molar-refractivity contribution is 0.703. The van der Waals surface area contributed by atoms with Gasteiger partial charge >= 0.3 is 5.69 Å². The van der Waals surface area contributed by atoms with Crippen LogP contribution in [0.25, 0.3) is 28.5 Å². The Bertz CT molecular complexity index is 1340. The second-order valence-electron chi connectivity index (χ2n) is 6.75. The van der Waals surface area contributed by atoms with Crippen molar-refractivity contribution in [3.63, 3.8) is 0 Å². The van der Waals surface area contributed by atoms with Gasteiger partial charge < -0.3 is 0 Å². The maximum absolute atomic E-state index is 12.9. The van der Waals surface area contributed by atoms with E-state index in [4.69, 9.17) is 0 Å². The van der Waals surface area contributed by atoms with Gasteiger partial charge in [0.05, 0.1) is 0 Å². The number of thioether (sulfide) groups is 1. The number of aryl methyl sites for hydroxylation is 1. The molecule has 0 bridgehead atoms. The highest BCUT2D eigenvalue weighted by atomic mass is 32.2. The summed E-state index contributed by atoms with van der Waals surface area (Å²) < 4.78 is 2.49. The van der Waals surface area contributed by atoms with Gasteiger partial charge in [0.1, 0.15) is 10.4 Å². The van der Waals surface area contributed by atoms with E-state index in [2.05, 4.69) is 9.97 Å². The van der Waals surface area contributed by atoms with Crippen LogP contribution in [-0.2, 0) is 14.1 Å². The number of aromatic nitrogens is 4. The summed E-state index contributed by atoms with van der Waals surface area (Å²) in [6, 6.07) is 19.5. The van der Waals surface area contributed by atoms with E-state index in [0.29, 0.717) is 27.6 Å². The van der Waals surface area contributed by atoms with Gasteiger partial charge in [-0.1, -0.05) is 72.8 Å². The van der Waals surface area contributed by atoms with Gasteiger partial charge in [0, 0.05) is 25.4 Å². The van der Waals surface area contributed by atoms with Gasteiger partial charge in [0.25, 0.3) is 5.56 Å². The second kappa shape index (κ2) is 8.51. The summed E-state index contributed by atoms with van der Waals surface area (Å²) >= 11 is 1.45. The predicted molar refractivity (Wildman–Crippen MR) is 122 cm³/mol. The van der Waals surface area contributed by atoms with Crippen LogP contribution < -0.4 is 11.2 Å². The molecule has 30 heavy (non-hydrogen) atoms. The van der Waals surface area contributed by atoms with Crippen molar-refractivity contribution in [2.24, 2.45) is 14.1 Å². The Hall–Kier alpha value is -3.45. The predicted octanol–water partition coefficient (Wildman–Crippen LogP) is 3.50. The van der Waals surface area contributed by atoms with Crippen LogP contribution in [0.2, 0.25) is 0 Å². The maximum atomic E-state index is 12.9. The summed E-state index contributed by atoms with van der Waals surface area (Å²) in [5.41, 5.74) is 1.47. The van der Waals surface area contributed by atoms with Crippen LogP contribution >= 0.6 is 11.8 Å². The molecule has 0 spiro atoms. The van der Waals surface area contributed by atoms with Gasteiger partial charge in [-0.3, -0.25) is 13.9 Å². The van der Waals surface area contributed by atoms with Gasteiger partial charge in [0.15, 0.2) is 11.5 Å². The molecule has 0 unspecified atom stereocenters. The second-order valence-corrected chi connectivity index (χ2v) is 7.76. The summed E-state index contributed by atoms with van der Waals surface area (Å²) in [5, 5.41) is 0.921. The third kappa shape index (κ3) is 3.84. The van der Waals surface area contributed by atoms with Crippen molar-refractivity contribution in [2.75, 3.05) is 5.75 Å². The average Bonchev–Trinajstić information content (AvgIpc) is 2.79. The molecule has 4 rings (SSSR count). The van der Waals surface area contributed by atoms with E-state index in [1.165, 1.54) is 23.4 Å². The largest absolute Gasteiger partial charge is 0.332 e. The summed E-state index contributed by atoms with van der Waals surface area (Å²) in [4.78, 5) is 34.5. The molecule has 0 atom stereocenters. The van der Waals surface area contributed by atoms with Crippen molar-refractivity contribution >= 4 is 28.9 Å². The first-order valence-electron chi connectivity index (χ1n) is 9.44. The van der Waals surface area contributed by atoms with E-state index >= 15 is 0 Å². The highest BCUT2D eigenvalue weighted by molar-refractivity contribution is 7.99. The van der Waals surface area contributed by atoms with Crippen molar-refractivity contribution < 1.29 is 0 Å². The summed E-state index contributed by atoms with van der Waals surface area (Å²) in [5.74, 6) is 1.11. The Labute approximate surface area is 177 Å². The van der Waals surface area contributed by atoms with Crippen molar-refractivity contribution in [3.05, 3.63) is 93.1 Å². The molecule has 0 amide bonds. The normalized spacial score (nSPS) is 11.4. The van der Waals surface area contributed by atoms with Crippen molar-refractivity contribution in [1.29, 1.82) is 0 Å². The SMILES string of the molecule is Cn1c(=O)c2c(SC/C=C/c3ccccc3)nc(-c3ccccc3)nc2n(C)c1=O. The molecule has 2 aromatic heterocycles. The van der Waals surface area contributed by atoms with Gasteiger partial charge in [-0.05, 0) is 5.56 Å². The lowest BCUT2D eigenvalue weighted by Crippen LogP contribution is -2.37. The monoisotopic (exact) mass is 416 g/mol. The molecule has 0 aliphatic rings. The smallest absolute Gasteiger partial charge is 0.280 e. The molecule has 6 nitrogen and oxygen atoms in total. The van der Waals surface area contributed by atoms with E-state index in [9.17, 15) is 9.59 Å². The van der Waals surface area contributed by atoms with Crippen molar-refractivity contribution in [2.45, 2.75) is 5.03 Å². The zero-order chi connectivity index (χ0) is 21.1. The standard InChI is InChI=1S/C23H20N4O2S/c1-26-20-18(22(28)27(2)23(26)29)21(25-19(24-20)17-13-7-4-8-14-17)30-15-9-12-16-10-5-3-6-11-16/h3-14H,15H2,1-2H3/b12-9+. The fourth-order valence-electron chi connectivity index (χ4n) is 3.13. The van der Waals surface area contributed by atoms with Gasteiger partial charge in [-0.15, -0.1) is 11.8 Å². The number of hydrogen-bond donors (Lipinski definition) is 0. The highest BCUT2D eigenvalue weighted by Crippen LogP contribution is 2.26. The topological polar surface area (TPSA) is 69.8 Å². The molecule has 0 fully saturated rings. The van der Waals surface area contributed by atoms with E-state index in [1.807, 2.05) is 72.8 Å². The molecule has 0 aliphatic heterocycles. The number of rotatable bonds is 5. The fraction of sp³-hybridized carbons (Fsp3) is 0.130. The zero-order valence-corrected chi connectivity index (χ0v) is 17.5. The maximum Gasteiger partial charge on any atom is 0.332 e. The van der Waals surface area contributed by atoms with E-state index < -0.39 is 5.69 Å². The van der Waals surface area contributed by atoms with Crippen LogP contribution in [0, 0.1) is 0 Å². The Morgan fingerprint density at radius 2 is 1.57 bits per heavy atom. The number of hydrogen-bond acceptors (Lipinski definition) is 5. The van der Waals surface area contributed by atoms with Crippen LogP contribution in [0.4, 0.5) is 0 Å². The number of benzene rings is 2. The number of fused-ring (bicyclic) bond motifs is 1. The Morgan fingerprint density at radius 3 is 2.27 bits per heavy atom. The minimum absolute atomic E-state index is 0.339. The third-order valence-electron chi connectivity index (χ3n) is 4.72. The molecule has 7 heteroatoms. The molecule has 0 saturated carbocycles. The van der Waals surface area contributed by atoms with Crippen LogP contribution in [0.5, 0.6) is 0 Å². The molecule has 0 radical (unpaired) electrons. The van der Waals surface area contributed by atoms with Gasteiger partial charge in [-0.2, -0.15) is 0 Å². The molecule has 2 heterocycles. The molecule has 4 aromatic rings. The van der Waals surface area contributed by atoms with Crippen LogP contribution in [0.3, 0.4) is 0 Å². The van der Waals surface area contributed by atoms with Crippen LogP contribution in [-0.4, -0.2) is 24.9 Å². The Balaban J connectivity index is 1.81. The highest BCUT2D eigenvalue weighted by Gasteiger charge is 2.17. The van der Waals surface area contributed by atoms with Gasteiger partial charge in [0.2, 0.25) is 0 Å². The van der Waals surface area contributed by atoms with Gasteiger partial charge in [-0.25, -0.2) is 14.8 Å². The summed E-state index contributed by atoms with van der Waals surface area (Å²) in [6.07, 6.45) is 4.06. The van der Waals surface area contributed by atoms with Crippen molar-refractivity contribution in [3.8, 4) is 11.4 Å². The van der Waals surface area contributed by atoms with Crippen LogP contribution in [0.1, 0.15) is 5.56 Å². The van der Waals surface area contributed by atoms with E-state index in [1.54, 1.807) is 7.05 Å². The first kappa shape index (κ1) is 19.8. The first-order valence-corrected chi connectivity index (χ1v) is 10.4. The summed E-state index contributed by atoms with van der Waals surface area (Å²) in [7, 11) is 3.09. The first-order chi connectivity index (χ1) is 14.6. The molecule has 0 aliphatic carbocycles. The minimum Gasteiger partial charge on any atom is -0.280 e. The zero-order valence-electron chi connectivity index (χ0n) is 16.6. The molecule has 2 aromatic carbocycles. The van der Waals surface area contributed by atoms with Crippen molar-refractivity contribution in [1.82, 2.24) is 19.1 Å². The molecular formula is C23H20N4O2S. The third-order valence-corrected chi connectivity index (χ3v) is 5.65.